The van der Waals surface area contributed by atoms with Crippen LogP contribution in [-0.2, 0) is 0 Å². The van der Waals surface area contributed by atoms with Gasteiger partial charge in [0.1, 0.15) is 0 Å². The summed E-state index contributed by atoms with van der Waals surface area (Å²) in [5.74, 6) is 0. The molecule has 0 radical (unpaired) electrons. The Morgan fingerprint density at radius 1 is 0.556 bits per heavy atom. The summed E-state index contributed by atoms with van der Waals surface area (Å²) in [5, 5.41) is 2.55. The van der Waals surface area contributed by atoms with Gasteiger partial charge in [0, 0.05) is 33.5 Å². The van der Waals surface area contributed by atoms with Gasteiger partial charge in [0.15, 0.2) is 0 Å². The van der Waals surface area contributed by atoms with E-state index in [9.17, 15) is 0 Å². The van der Waals surface area contributed by atoms with E-state index in [4.69, 9.17) is 0 Å². The molecule has 0 fully saturated rings. The summed E-state index contributed by atoms with van der Waals surface area (Å²) in [4.78, 5) is 2.30. The van der Waals surface area contributed by atoms with E-state index in [0.29, 0.717) is 0 Å². The second kappa shape index (κ2) is 12.4. The number of para-hydroxylation sites is 3. The molecular formula is C43H34N2. The van der Waals surface area contributed by atoms with E-state index in [1.807, 2.05) is 6.08 Å². The van der Waals surface area contributed by atoms with Crippen LogP contribution in [0.25, 0.3) is 44.2 Å². The molecule has 0 aliphatic rings. The van der Waals surface area contributed by atoms with Gasteiger partial charge in [-0.25, -0.2) is 0 Å². The molecule has 0 saturated heterocycles. The molecule has 2 nitrogen and oxygen atoms in total. The molecule has 0 saturated carbocycles. The average Bonchev–Trinajstić information content (AvgIpc) is 3.45. The smallest absolute Gasteiger partial charge is 0.0541 e. The van der Waals surface area contributed by atoms with E-state index in [1.54, 1.807) is 6.08 Å². The Labute approximate surface area is 265 Å². The van der Waals surface area contributed by atoms with Crippen LogP contribution in [0.3, 0.4) is 0 Å². The predicted molar refractivity (Wildman–Crippen MR) is 194 cm³/mol. The molecule has 0 aliphatic carbocycles. The minimum absolute atomic E-state index is 1.11. The van der Waals surface area contributed by atoms with Gasteiger partial charge >= 0.3 is 0 Å². The van der Waals surface area contributed by atoms with E-state index in [0.717, 1.165) is 22.7 Å². The SMILES string of the molecule is C=C/C=C\C(=C/C)c1ccc(N(c2ccccc2)c2ccc(-c3ccc(-n4c5ccccc5c5ccccc54)cc3)cc2)cc1. The van der Waals surface area contributed by atoms with Crippen LogP contribution in [0.5, 0.6) is 0 Å². The summed E-state index contributed by atoms with van der Waals surface area (Å²) < 4.78 is 2.36. The number of nitrogens with zero attached hydrogens (tertiary/aromatic N) is 2. The monoisotopic (exact) mass is 578 g/mol. The van der Waals surface area contributed by atoms with Crippen molar-refractivity contribution in [3.8, 4) is 16.8 Å². The van der Waals surface area contributed by atoms with E-state index < -0.39 is 0 Å². The van der Waals surface area contributed by atoms with Gasteiger partial charge in [-0.1, -0.05) is 122 Å². The topological polar surface area (TPSA) is 8.17 Å². The minimum atomic E-state index is 1.11. The number of allylic oxidation sites excluding steroid dienone is 5. The van der Waals surface area contributed by atoms with Crippen LogP contribution in [0, 0.1) is 0 Å². The Morgan fingerprint density at radius 3 is 1.60 bits per heavy atom. The minimum Gasteiger partial charge on any atom is -0.311 e. The molecule has 7 rings (SSSR count). The third kappa shape index (κ3) is 5.39. The molecule has 7 aromatic rings. The van der Waals surface area contributed by atoms with Gasteiger partial charge in [0.05, 0.1) is 11.0 Å². The molecule has 216 valence electrons. The van der Waals surface area contributed by atoms with E-state index in [2.05, 4.69) is 187 Å². The van der Waals surface area contributed by atoms with E-state index in [-0.39, 0.29) is 0 Å². The second-order valence-corrected chi connectivity index (χ2v) is 11.0. The van der Waals surface area contributed by atoms with Crippen molar-refractivity contribution in [2.75, 3.05) is 4.90 Å². The molecule has 0 spiro atoms. The first-order valence-corrected chi connectivity index (χ1v) is 15.4. The van der Waals surface area contributed by atoms with Crippen molar-refractivity contribution in [3.05, 3.63) is 188 Å². The normalized spacial score (nSPS) is 11.8. The van der Waals surface area contributed by atoms with E-state index >= 15 is 0 Å². The highest BCUT2D eigenvalue weighted by Crippen LogP contribution is 2.37. The molecule has 0 bridgehead atoms. The van der Waals surface area contributed by atoms with Crippen LogP contribution < -0.4 is 4.90 Å². The molecule has 45 heavy (non-hydrogen) atoms. The van der Waals surface area contributed by atoms with Crippen LogP contribution in [-0.4, -0.2) is 4.57 Å². The van der Waals surface area contributed by atoms with Crippen molar-refractivity contribution in [3.63, 3.8) is 0 Å². The van der Waals surface area contributed by atoms with Crippen molar-refractivity contribution in [1.82, 2.24) is 4.57 Å². The van der Waals surface area contributed by atoms with Crippen LogP contribution in [0.1, 0.15) is 12.5 Å². The highest BCUT2D eigenvalue weighted by Gasteiger charge is 2.14. The Hall–Kier alpha value is -5.86. The summed E-state index contributed by atoms with van der Waals surface area (Å²) in [6.45, 7) is 5.86. The maximum atomic E-state index is 3.80. The first-order valence-electron chi connectivity index (χ1n) is 15.4. The van der Waals surface area contributed by atoms with Gasteiger partial charge in [-0.15, -0.1) is 0 Å². The van der Waals surface area contributed by atoms with Gasteiger partial charge in [0.25, 0.3) is 0 Å². The summed E-state index contributed by atoms with van der Waals surface area (Å²) in [5.41, 5.74) is 11.6. The fourth-order valence-electron chi connectivity index (χ4n) is 6.16. The first-order chi connectivity index (χ1) is 22.2. The molecule has 6 aromatic carbocycles. The Balaban J connectivity index is 1.20. The Bertz CT molecular complexity index is 2090. The third-order valence-corrected chi connectivity index (χ3v) is 8.36. The number of anilines is 3. The van der Waals surface area contributed by atoms with Gasteiger partial charge in [-0.05, 0) is 89.9 Å². The molecule has 0 unspecified atom stereocenters. The Morgan fingerprint density at radius 2 is 1.04 bits per heavy atom. The van der Waals surface area contributed by atoms with Crippen LogP contribution in [0.15, 0.2) is 183 Å². The lowest BCUT2D eigenvalue weighted by Crippen LogP contribution is -2.09. The fraction of sp³-hybridized carbons (Fsp3) is 0.0233. The first kappa shape index (κ1) is 27.9. The summed E-state index contributed by atoms with van der Waals surface area (Å²) >= 11 is 0. The van der Waals surface area contributed by atoms with Crippen LogP contribution >= 0.6 is 0 Å². The lowest BCUT2D eigenvalue weighted by Gasteiger charge is -2.26. The number of hydrogen-bond acceptors (Lipinski definition) is 1. The molecule has 0 N–H and O–H groups in total. The maximum Gasteiger partial charge on any atom is 0.0541 e. The number of fused-ring (bicyclic) bond motifs is 3. The van der Waals surface area contributed by atoms with Gasteiger partial charge in [-0.3, -0.25) is 0 Å². The van der Waals surface area contributed by atoms with Crippen molar-refractivity contribution >= 4 is 44.4 Å². The Kier molecular flexibility index (Phi) is 7.70. The predicted octanol–water partition coefficient (Wildman–Crippen LogP) is 12.1. The molecule has 0 atom stereocenters. The largest absolute Gasteiger partial charge is 0.311 e. The van der Waals surface area contributed by atoms with Gasteiger partial charge < -0.3 is 9.47 Å². The summed E-state index contributed by atoms with van der Waals surface area (Å²) in [6, 6.07) is 54.3. The van der Waals surface area contributed by atoms with Gasteiger partial charge in [-0.2, -0.15) is 0 Å². The third-order valence-electron chi connectivity index (χ3n) is 8.36. The summed E-state index contributed by atoms with van der Waals surface area (Å²) in [6.07, 6.45) is 7.99. The van der Waals surface area contributed by atoms with Crippen LogP contribution in [0.4, 0.5) is 17.1 Å². The summed E-state index contributed by atoms with van der Waals surface area (Å²) in [7, 11) is 0. The zero-order chi connectivity index (χ0) is 30.6. The molecule has 1 aromatic heterocycles. The number of aromatic nitrogens is 1. The number of hydrogen-bond donors (Lipinski definition) is 0. The molecule has 1 heterocycles. The highest BCUT2D eigenvalue weighted by molar-refractivity contribution is 6.09. The molecule has 2 heteroatoms. The highest BCUT2D eigenvalue weighted by atomic mass is 15.1. The number of benzene rings is 6. The average molecular weight is 579 g/mol. The van der Waals surface area contributed by atoms with E-state index in [1.165, 1.54) is 44.1 Å². The zero-order valence-corrected chi connectivity index (χ0v) is 25.3. The van der Waals surface area contributed by atoms with Crippen molar-refractivity contribution < 1.29 is 0 Å². The zero-order valence-electron chi connectivity index (χ0n) is 25.3. The van der Waals surface area contributed by atoms with Crippen molar-refractivity contribution in [2.24, 2.45) is 0 Å². The van der Waals surface area contributed by atoms with Crippen LogP contribution in [0.2, 0.25) is 0 Å². The fourth-order valence-corrected chi connectivity index (χ4v) is 6.16. The molecule has 0 aliphatic heterocycles. The standard InChI is InChI=1S/C43H34N2/c1-3-5-13-32(4-2)33-20-26-37(27-21-33)44(36-14-7-6-8-15-36)38-28-22-34(23-29-38)35-24-30-39(31-25-35)45-42-18-11-9-16-40(42)41-17-10-12-19-43(41)45/h3-31H,1H2,2H3/b13-5-,32-4+. The maximum absolute atomic E-state index is 3.80. The van der Waals surface area contributed by atoms with Gasteiger partial charge in [0.2, 0.25) is 0 Å². The lowest BCUT2D eigenvalue weighted by atomic mass is 10.0. The molecular weight excluding hydrogens is 544 g/mol. The number of rotatable bonds is 8. The quantitative estimate of drug-likeness (QED) is 0.163. The second-order valence-electron chi connectivity index (χ2n) is 11.0. The van der Waals surface area contributed by atoms with Crippen molar-refractivity contribution in [1.29, 1.82) is 0 Å². The molecule has 0 amide bonds. The van der Waals surface area contributed by atoms with Crippen molar-refractivity contribution in [2.45, 2.75) is 6.92 Å². The lowest BCUT2D eigenvalue weighted by molar-refractivity contribution is 1.18.